The van der Waals surface area contributed by atoms with Gasteiger partial charge in [-0.15, -0.1) is 0 Å². The number of ether oxygens (including phenoxy) is 2. The zero-order valence-corrected chi connectivity index (χ0v) is 7.27. The second-order valence-corrected chi connectivity index (χ2v) is 3.03. The highest BCUT2D eigenvalue weighted by atomic mass is 16.6. The molecule has 1 N–H and O–H groups in total. The smallest absolute Gasteiger partial charge is 0.124 e. The molecule has 0 bridgehead atoms. The Morgan fingerprint density at radius 2 is 2.23 bits per heavy atom. The summed E-state index contributed by atoms with van der Waals surface area (Å²) in [6.07, 6.45) is 0.256. The Bertz CT molecular complexity index is 281. The van der Waals surface area contributed by atoms with E-state index in [1.54, 1.807) is 0 Å². The van der Waals surface area contributed by atoms with Crippen LogP contribution in [0.2, 0.25) is 0 Å². The minimum absolute atomic E-state index is 0.0156. The van der Waals surface area contributed by atoms with Crippen molar-refractivity contribution in [1.82, 2.24) is 0 Å². The Hall–Kier alpha value is -1.06. The number of epoxide rings is 1. The van der Waals surface area contributed by atoms with Crippen LogP contribution in [0.5, 0.6) is 5.75 Å². The summed E-state index contributed by atoms with van der Waals surface area (Å²) < 4.78 is 10.5. The van der Waals surface area contributed by atoms with Crippen LogP contribution in [0.4, 0.5) is 0 Å². The molecule has 0 radical (unpaired) electrons. The van der Waals surface area contributed by atoms with Crippen LogP contribution in [0.25, 0.3) is 0 Å². The molecular weight excluding hydrogens is 168 g/mol. The zero-order valence-electron chi connectivity index (χ0n) is 7.27. The highest BCUT2D eigenvalue weighted by Gasteiger charge is 2.23. The third-order valence-electron chi connectivity index (χ3n) is 1.97. The van der Waals surface area contributed by atoms with Gasteiger partial charge in [0.1, 0.15) is 18.5 Å². The van der Waals surface area contributed by atoms with Crippen LogP contribution in [0.3, 0.4) is 0 Å². The Kier molecular flexibility index (Phi) is 2.47. The minimum atomic E-state index is 0.0156. The number of aliphatic hydroxyl groups excluding tert-OH is 1. The molecule has 1 aliphatic rings. The fourth-order valence-corrected chi connectivity index (χ4v) is 1.12. The third kappa shape index (κ3) is 2.20. The van der Waals surface area contributed by atoms with Gasteiger partial charge in [0.25, 0.3) is 0 Å². The number of rotatable bonds is 4. The number of hydrogen-bond acceptors (Lipinski definition) is 3. The lowest BCUT2D eigenvalue weighted by molar-refractivity contribution is 0.243. The summed E-state index contributed by atoms with van der Waals surface area (Å²) in [5.41, 5.74) is 0.822. The normalized spacial score (nSPS) is 19.9. The Morgan fingerprint density at radius 3 is 2.92 bits per heavy atom. The van der Waals surface area contributed by atoms with E-state index < -0.39 is 0 Å². The van der Waals surface area contributed by atoms with Gasteiger partial charge in [0, 0.05) is 5.56 Å². The average molecular weight is 180 g/mol. The van der Waals surface area contributed by atoms with Crippen molar-refractivity contribution in [3.05, 3.63) is 29.8 Å². The lowest BCUT2D eigenvalue weighted by Gasteiger charge is -2.07. The first-order valence-electron chi connectivity index (χ1n) is 4.33. The van der Waals surface area contributed by atoms with E-state index in [9.17, 15) is 0 Å². The van der Waals surface area contributed by atoms with E-state index >= 15 is 0 Å². The molecule has 70 valence electrons. The lowest BCUT2D eigenvalue weighted by Crippen LogP contribution is -2.05. The van der Waals surface area contributed by atoms with E-state index in [0.717, 1.165) is 17.9 Å². The molecule has 13 heavy (non-hydrogen) atoms. The predicted molar refractivity (Wildman–Crippen MR) is 47.6 cm³/mol. The standard InChI is InChI=1S/C10H12O3/c11-5-8-3-1-2-4-10(8)13-7-9-6-12-9/h1-4,9,11H,5-7H2/t9-/m1/s1. The first-order chi connectivity index (χ1) is 6.40. The molecule has 0 unspecified atom stereocenters. The van der Waals surface area contributed by atoms with Crippen molar-refractivity contribution >= 4 is 0 Å². The molecular formula is C10H12O3. The number of hydrogen-bond donors (Lipinski definition) is 1. The maximum Gasteiger partial charge on any atom is 0.124 e. The van der Waals surface area contributed by atoms with Gasteiger partial charge in [0.2, 0.25) is 0 Å². The monoisotopic (exact) mass is 180 g/mol. The molecule has 3 heteroatoms. The summed E-state index contributed by atoms with van der Waals surface area (Å²) in [6.45, 7) is 1.39. The first-order valence-corrected chi connectivity index (χ1v) is 4.33. The van der Waals surface area contributed by atoms with E-state index in [1.807, 2.05) is 24.3 Å². The highest BCUT2D eigenvalue weighted by molar-refractivity contribution is 5.32. The molecule has 0 aromatic heterocycles. The molecule has 0 saturated carbocycles. The molecule has 0 spiro atoms. The van der Waals surface area contributed by atoms with Gasteiger partial charge in [-0.2, -0.15) is 0 Å². The van der Waals surface area contributed by atoms with Crippen LogP contribution in [-0.2, 0) is 11.3 Å². The average Bonchev–Trinajstić information content (AvgIpc) is 2.99. The SMILES string of the molecule is OCc1ccccc1OC[C@H]1CO1. The summed E-state index contributed by atoms with van der Waals surface area (Å²) >= 11 is 0. The van der Waals surface area contributed by atoms with Gasteiger partial charge in [0.15, 0.2) is 0 Å². The molecule has 1 saturated heterocycles. The van der Waals surface area contributed by atoms with Gasteiger partial charge in [-0.05, 0) is 6.07 Å². The lowest BCUT2D eigenvalue weighted by atomic mass is 10.2. The van der Waals surface area contributed by atoms with Gasteiger partial charge in [-0.25, -0.2) is 0 Å². The Labute approximate surface area is 76.9 Å². The Balaban J connectivity index is 1.99. The molecule has 1 atom stereocenters. The van der Waals surface area contributed by atoms with Crippen LogP contribution in [0, 0.1) is 0 Å². The van der Waals surface area contributed by atoms with Crippen molar-refractivity contribution in [3.63, 3.8) is 0 Å². The van der Waals surface area contributed by atoms with Crippen molar-refractivity contribution in [3.8, 4) is 5.75 Å². The second kappa shape index (κ2) is 3.77. The molecule has 1 heterocycles. The molecule has 3 nitrogen and oxygen atoms in total. The van der Waals surface area contributed by atoms with Gasteiger partial charge in [-0.3, -0.25) is 0 Å². The van der Waals surface area contributed by atoms with Crippen molar-refractivity contribution in [2.24, 2.45) is 0 Å². The van der Waals surface area contributed by atoms with Gasteiger partial charge < -0.3 is 14.6 Å². The van der Waals surface area contributed by atoms with Crippen LogP contribution in [0.1, 0.15) is 5.56 Å². The summed E-state index contributed by atoms with van der Waals surface area (Å²) in [6, 6.07) is 7.48. The van der Waals surface area contributed by atoms with Gasteiger partial charge >= 0.3 is 0 Å². The summed E-state index contributed by atoms with van der Waals surface area (Å²) in [5.74, 6) is 0.750. The summed E-state index contributed by atoms with van der Waals surface area (Å²) in [7, 11) is 0. The van der Waals surface area contributed by atoms with Crippen molar-refractivity contribution < 1.29 is 14.6 Å². The van der Waals surface area contributed by atoms with Crippen LogP contribution < -0.4 is 4.74 Å². The molecule has 0 aliphatic carbocycles. The first kappa shape index (κ1) is 8.53. The highest BCUT2D eigenvalue weighted by Crippen LogP contribution is 2.19. The molecule has 1 aliphatic heterocycles. The van der Waals surface area contributed by atoms with Crippen LogP contribution in [-0.4, -0.2) is 24.4 Å². The van der Waals surface area contributed by atoms with Crippen molar-refractivity contribution in [1.29, 1.82) is 0 Å². The number of aliphatic hydroxyl groups is 1. The van der Waals surface area contributed by atoms with E-state index in [-0.39, 0.29) is 12.7 Å². The third-order valence-corrected chi connectivity index (χ3v) is 1.97. The maximum atomic E-state index is 8.99. The molecule has 1 aromatic rings. The largest absolute Gasteiger partial charge is 0.490 e. The quantitative estimate of drug-likeness (QED) is 0.701. The molecule has 0 amide bonds. The summed E-state index contributed by atoms with van der Waals surface area (Å²) in [5, 5.41) is 8.99. The van der Waals surface area contributed by atoms with Crippen LogP contribution in [0.15, 0.2) is 24.3 Å². The predicted octanol–water partition coefficient (Wildman–Crippen LogP) is 0.956. The fourth-order valence-electron chi connectivity index (χ4n) is 1.12. The van der Waals surface area contributed by atoms with Crippen LogP contribution >= 0.6 is 0 Å². The van der Waals surface area contributed by atoms with E-state index in [1.165, 1.54) is 0 Å². The topological polar surface area (TPSA) is 42.0 Å². The molecule has 1 aromatic carbocycles. The summed E-state index contributed by atoms with van der Waals surface area (Å²) in [4.78, 5) is 0. The van der Waals surface area contributed by atoms with Gasteiger partial charge in [-0.1, -0.05) is 18.2 Å². The number of benzene rings is 1. The molecule has 1 fully saturated rings. The second-order valence-electron chi connectivity index (χ2n) is 3.03. The Morgan fingerprint density at radius 1 is 1.46 bits per heavy atom. The minimum Gasteiger partial charge on any atom is -0.490 e. The number of para-hydroxylation sites is 1. The van der Waals surface area contributed by atoms with E-state index in [2.05, 4.69) is 0 Å². The van der Waals surface area contributed by atoms with Crippen molar-refractivity contribution in [2.45, 2.75) is 12.7 Å². The van der Waals surface area contributed by atoms with Gasteiger partial charge in [0.05, 0.1) is 13.2 Å². The maximum absolute atomic E-state index is 8.99. The fraction of sp³-hybridized carbons (Fsp3) is 0.400. The zero-order chi connectivity index (χ0) is 9.10. The van der Waals surface area contributed by atoms with E-state index in [0.29, 0.717) is 6.61 Å². The van der Waals surface area contributed by atoms with E-state index in [4.69, 9.17) is 14.6 Å². The van der Waals surface area contributed by atoms with Crippen molar-refractivity contribution in [2.75, 3.05) is 13.2 Å². The molecule has 2 rings (SSSR count).